The van der Waals surface area contributed by atoms with Crippen LogP contribution in [-0.2, 0) is 11.3 Å². The number of nitrogens with zero attached hydrogens (tertiary/aromatic N) is 4. The molecule has 1 saturated heterocycles. The van der Waals surface area contributed by atoms with Crippen LogP contribution >= 0.6 is 0 Å². The van der Waals surface area contributed by atoms with Gasteiger partial charge in [-0.2, -0.15) is 0 Å². The number of carbonyl (C=O) groups is 2. The smallest absolute Gasteiger partial charge is 0.274 e. The van der Waals surface area contributed by atoms with E-state index in [2.05, 4.69) is 44.4 Å². The molecule has 3 rings (SSSR count). The zero-order valence-corrected chi connectivity index (χ0v) is 17.3. The number of aromatic nitrogens is 1. The van der Waals surface area contributed by atoms with Crippen molar-refractivity contribution in [1.82, 2.24) is 25.0 Å². The van der Waals surface area contributed by atoms with Crippen molar-refractivity contribution >= 4 is 11.8 Å². The molecule has 2 amide bonds. The zero-order chi connectivity index (χ0) is 21.3. The maximum atomic E-state index is 12.3. The second-order valence-electron chi connectivity index (χ2n) is 7.47. The van der Waals surface area contributed by atoms with Gasteiger partial charge < -0.3 is 15.3 Å². The van der Waals surface area contributed by atoms with Crippen molar-refractivity contribution in [2.45, 2.75) is 6.54 Å². The van der Waals surface area contributed by atoms with Crippen molar-refractivity contribution in [3.8, 4) is 5.75 Å². The Balaban J connectivity index is 1.34. The Labute approximate surface area is 177 Å². The molecular weight excluding hydrogens is 382 g/mol. The molecule has 2 heterocycles. The van der Waals surface area contributed by atoms with Crippen LogP contribution in [0.5, 0.6) is 5.75 Å². The lowest BCUT2D eigenvalue weighted by molar-refractivity contribution is -0.129. The number of amides is 2. The van der Waals surface area contributed by atoms with Crippen LogP contribution in [0.3, 0.4) is 0 Å². The molecule has 0 spiro atoms. The van der Waals surface area contributed by atoms with E-state index in [0.29, 0.717) is 6.54 Å². The van der Waals surface area contributed by atoms with E-state index in [9.17, 15) is 14.7 Å². The largest absolute Gasteiger partial charge is 0.505 e. The predicted molar refractivity (Wildman–Crippen MR) is 114 cm³/mol. The van der Waals surface area contributed by atoms with Gasteiger partial charge in [-0.05, 0) is 17.7 Å². The Kier molecular flexibility index (Phi) is 7.75. The fourth-order valence-corrected chi connectivity index (χ4v) is 3.38. The summed E-state index contributed by atoms with van der Waals surface area (Å²) in [6, 6.07) is 13.4. The summed E-state index contributed by atoms with van der Waals surface area (Å²) in [4.78, 5) is 34.6. The first kappa shape index (κ1) is 21.7. The molecule has 0 atom stereocenters. The normalized spacial score (nSPS) is 15.0. The fourth-order valence-electron chi connectivity index (χ4n) is 3.38. The van der Waals surface area contributed by atoms with Crippen molar-refractivity contribution in [1.29, 1.82) is 0 Å². The van der Waals surface area contributed by atoms with Crippen LogP contribution < -0.4 is 5.32 Å². The molecule has 30 heavy (non-hydrogen) atoms. The number of hydrogen-bond donors (Lipinski definition) is 2. The highest BCUT2D eigenvalue weighted by atomic mass is 16.3. The average molecular weight is 412 g/mol. The minimum atomic E-state index is -0.565. The lowest BCUT2D eigenvalue weighted by Gasteiger charge is -2.35. The van der Waals surface area contributed by atoms with E-state index in [1.54, 1.807) is 11.9 Å². The summed E-state index contributed by atoms with van der Waals surface area (Å²) in [5.41, 5.74) is 1.25. The van der Waals surface area contributed by atoms with E-state index < -0.39 is 5.91 Å². The molecule has 0 radical (unpaired) electrons. The van der Waals surface area contributed by atoms with Gasteiger partial charge >= 0.3 is 0 Å². The molecular formula is C22H29N5O3. The van der Waals surface area contributed by atoms with Crippen LogP contribution in [0.4, 0.5) is 0 Å². The van der Waals surface area contributed by atoms with Crippen LogP contribution in [0.15, 0.2) is 48.7 Å². The van der Waals surface area contributed by atoms with E-state index in [4.69, 9.17) is 0 Å². The molecule has 160 valence electrons. The number of hydrogen-bond acceptors (Lipinski definition) is 6. The van der Waals surface area contributed by atoms with Crippen LogP contribution in [0, 0.1) is 0 Å². The minimum absolute atomic E-state index is 0.0821. The first-order valence-corrected chi connectivity index (χ1v) is 10.2. The van der Waals surface area contributed by atoms with E-state index in [1.165, 1.54) is 23.9 Å². The molecule has 1 aromatic heterocycles. The number of nitrogens with one attached hydrogen (secondary N) is 1. The van der Waals surface area contributed by atoms with Gasteiger partial charge in [0.05, 0.1) is 6.54 Å². The van der Waals surface area contributed by atoms with Crippen molar-refractivity contribution in [2.24, 2.45) is 0 Å². The molecule has 1 aromatic carbocycles. The SMILES string of the molecule is CN(CCN1CCN(Cc2ccccc2)CC1)C(=O)CNC(=O)c1ncccc1O. The molecule has 8 heteroatoms. The molecule has 0 aliphatic carbocycles. The molecule has 1 aliphatic rings. The predicted octanol–water partition coefficient (Wildman–Crippen LogP) is 0.793. The Morgan fingerprint density at radius 2 is 1.77 bits per heavy atom. The van der Waals surface area contributed by atoms with Gasteiger partial charge in [0, 0.05) is 59.1 Å². The number of likely N-dealkylation sites (N-methyl/N-ethyl adjacent to an activating group) is 1. The van der Waals surface area contributed by atoms with Crippen molar-refractivity contribution in [3.63, 3.8) is 0 Å². The quantitative estimate of drug-likeness (QED) is 0.668. The van der Waals surface area contributed by atoms with Gasteiger partial charge in [0.15, 0.2) is 5.69 Å². The van der Waals surface area contributed by atoms with E-state index in [-0.39, 0.29) is 23.9 Å². The maximum Gasteiger partial charge on any atom is 0.274 e. The number of benzene rings is 1. The van der Waals surface area contributed by atoms with E-state index in [1.807, 2.05) is 6.07 Å². The number of aromatic hydroxyl groups is 1. The summed E-state index contributed by atoms with van der Waals surface area (Å²) in [5.74, 6) is -0.951. The molecule has 0 saturated carbocycles. The third-order valence-electron chi connectivity index (χ3n) is 5.29. The second-order valence-corrected chi connectivity index (χ2v) is 7.47. The number of piperazine rings is 1. The Morgan fingerprint density at radius 1 is 1.07 bits per heavy atom. The van der Waals surface area contributed by atoms with Crippen LogP contribution in [-0.4, -0.2) is 89.5 Å². The molecule has 1 aliphatic heterocycles. The molecule has 2 N–H and O–H groups in total. The van der Waals surface area contributed by atoms with Gasteiger partial charge in [0.2, 0.25) is 5.91 Å². The van der Waals surface area contributed by atoms with Gasteiger partial charge in [0.1, 0.15) is 5.75 Å². The van der Waals surface area contributed by atoms with Crippen LogP contribution in [0.2, 0.25) is 0 Å². The fraction of sp³-hybridized carbons (Fsp3) is 0.409. The highest BCUT2D eigenvalue weighted by Gasteiger charge is 2.19. The standard InChI is InChI=1S/C22H29N5O3/c1-25(20(29)16-24-22(30)21-19(28)8-5-9-23-21)10-11-26-12-14-27(15-13-26)17-18-6-3-2-4-7-18/h2-9,28H,10-17H2,1H3,(H,24,30). The number of carbonyl (C=O) groups excluding carboxylic acids is 2. The highest BCUT2D eigenvalue weighted by Crippen LogP contribution is 2.12. The maximum absolute atomic E-state index is 12.3. The topological polar surface area (TPSA) is 89.0 Å². The summed E-state index contributed by atoms with van der Waals surface area (Å²) in [6.07, 6.45) is 1.42. The van der Waals surface area contributed by atoms with E-state index >= 15 is 0 Å². The van der Waals surface area contributed by atoms with Gasteiger partial charge in [-0.15, -0.1) is 0 Å². The zero-order valence-electron chi connectivity index (χ0n) is 17.3. The molecule has 0 bridgehead atoms. The van der Waals surface area contributed by atoms with Crippen molar-refractivity contribution in [2.75, 3.05) is 52.9 Å². The number of rotatable bonds is 8. The molecule has 8 nitrogen and oxygen atoms in total. The van der Waals surface area contributed by atoms with Crippen molar-refractivity contribution in [3.05, 3.63) is 59.9 Å². The van der Waals surface area contributed by atoms with Crippen LogP contribution in [0.1, 0.15) is 16.1 Å². The van der Waals surface area contributed by atoms with Crippen LogP contribution in [0.25, 0.3) is 0 Å². The lowest BCUT2D eigenvalue weighted by Crippen LogP contribution is -2.48. The van der Waals surface area contributed by atoms with E-state index in [0.717, 1.165) is 39.3 Å². The Hall–Kier alpha value is -2.97. The third kappa shape index (κ3) is 6.27. The summed E-state index contributed by atoms with van der Waals surface area (Å²) in [5, 5.41) is 12.2. The average Bonchev–Trinajstić information content (AvgIpc) is 2.77. The van der Waals surface area contributed by atoms with Gasteiger partial charge in [0.25, 0.3) is 5.91 Å². The highest BCUT2D eigenvalue weighted by molar-refractivity contribution is 5.96. The Bertz CT molecular complexity index is 838. The summed E-state index contributed by atoms with van der Waals surface area (Å²) >= 11 is 0. The lowest BCUT2D eigenvalue weighted by atomic mass is 10.2. The molecule has 0 unspecified atom stereocenters. The minimum Gasteiger partial charge on any atom is -0.505 e. The Morgan fingerprint density at radius 3 is 2.47 bits per heavy atom. The second kappa shape index (κ2) is 10.7. The van der Waals surface area contributed by atoms with Gasteiger partial charge in [-0.3, -0.25) is 19.4 Å². The summed E-state index contributed by atoms with van der Waals surface area (Å²) in [7, 11) is 1.73. The number of pyridine rings is 1. The first-order valence-electron chi connectivity index (χ1n) is 10.2. The summed E-state index contributed by atoms with van der Waals surface area (Å²) < 4.78 is 0. The third-order valence-corrected chi connectivity index (χ3v) is 5.29. The monoisotopic (exact) mass is 411 g/mol. The van der Waals surface area contributed by atoms with Gasteiger partial charge in [-0.1, -0.05) is 30.3 Å². The molecule has 2 aromatic rings. The van der Waals surface area contributed by atoms with Crippen molar-refractivity contribution < 1.29 is 14.7 Å². The first-order chi connectivity index (χ1) is 14.5. The molecule has 1 fully saturated rings. The summed E-state index contributed by atoms with van der Waals surface area (Å²) in [6.45, 7) is 6.22. The van der Waals surface area contributed by atoms with Gasteiger partial charge in [-0.25, -0.2) is 4.98 Å².